The number of nitrogen functional groups attached to an aromatic ring is 1. The Kier molecular flexibility index (Phi) is 6.49. The quantitative estimate of drug-likeness (QED) is 0.625. The van der Waals surface area contributed by atoms with Crippen molar-refractivity contribution in [3.63, 3.8) is 0 Å². The van der Waals surface area contributed by atoms with Crippen molar-refractivity contribution in [1.82, 2.24) is 5.32 Å². The number of benzene rings is 1. The number of halogens is 1. The lowest BCUT2D eigenvalue weighted by atomic mass is 10.1. The van der Waals surface area contributed by atoms with E-state index in [1.54, 1.807) is 6.07 Å². The molecule has 0 aliphatic carbocycles. The Balaban J connectivity index is 2.55. The van der Waals surface area contributed by atoms with Crippen LogP contribution in [0.3, 0.4) is 0 Å². The van der Waals surface area contributed by atoms with E-state index in [1.807, 2.05) is 0 Å². The van der Waals surface area contributed by atoms with Crippen LogP contribution in [0.4, 0.5) is 5.69 Å². The second-order valence-electron chi connectivity index (χ2n) is 5.26. The number of hydrogen-bond acceptors (Lipinski definition) is 4. The van der Waals surface area contributed by atoms with E-state index < -0.39 is 12.1 Å². The van der Waals surface area contributed by atoms with Gasteiger partial charge in [-0.15, -0.1) is 0 Å². The van der Waals surface area contributed by atoms with Crippen molar-refractivity contribution in [2.45, 2.75) is 33.3 Å². The predicted octanol–water partition coefficient (Wildman–Crippen LogP) is 2.63. The average molecular weight is 313 g/mol. The van der Waals surface area contributed by atoms with E-state index >= 15 is 0 Å². The first kappa shape index (κ1) is 17.3. The maximum Gasteiger partial charge on any atom is 0.340 e. The zero-order valence-electron chi connectivity index (χ0n) is 12.5. The standard InChI is InChI=1S/C15H21ClN2O3/c1-9(2)6-7-18-14(19)10(3)21-15(20)12-5-4-11(17)8-13(12)16/h4-5,8-10H,6-7,17H2,1-3H3,(H,18,19). The lowest BCUT2D eigenvalue weighted by Gasteiger charge is -2.14. The lowest BCUT2D eigenvalue weighted by molar-refractivity contribution is -0.129. The first-order valence-corrected chi connectivity index (χ1v) is 7.22. The van der Waals surface area contributed by atoms with Gasteiger partial charge in [-0.1, -0.05) is 25.4 Å². The molecule has 0 aromatic heterocycles. The Morgan fingerprint density at radius 2 is 2.00 bits per heavy atom. The Bertz CT molecular complexity index is 518. The third kappa shape index (κ3) is 5.63. The van der Waals surface area contributed by atoms with Crippen LogP contribution in [0.5, 0.6) is 0 Å². The molecule has 1 aromatic rings. The molecule has 6 heteroatoms. The minimum absolute atomic E-state index is 0.188. The number of carbonyl (C=O) groups excluding carboxylic acids is 2. The van der Waals surface area contributed by atoms with Gasteiger partial charge in [0.1, 0.15) is 0 Å². The van der Waals surface area contributed by atoms with Crippen molar-refractivity contribution in [1.29, 1.82) is 0 Å². The molecule has 0 saturated carbocycles. The molecule has 1 aromatic carbocycles. The molecule has 1 atom stereocenters. The van der Waals surface area contributed by atoms with E-state index in [9.17, 15) is 9.59 Å². The topological polar surface area (TPSA) is 81.4 Å². The monoisotopic (exact) mass is 312 g/mol. The van der Waals surface area contributed by atoms with Crippen molar-refractivity contribution in [2.24, 2.45) is 5.92 Å². The molecular formula is C15H21ClN2O3. The van der Waals surface area contributed by atoms with Crippen molar-refractivity contribution in [3.05, 3.63) is 28.8 Å². The molecule has 116 valence electrons. The molecule has 0 aliphatic rings. The van der Waals surface area contributed by atoms with E-state index in [-0.39, 0.29) is 16.5 Å². The van der Waals surface area contributed by atoms with Crippen molar-refractivity contribution in [3.8, 4) is 0 Å². The van der Waals surface area contributed by atoms with Gasteiger partial charge in [0.2, 0.25) is 0 Å². The number of anilines is 1. The van der Waals surface area contributed by atoms with Crippen LogP contribution in [0.15, 0.2) is 18.2 Å². The number of nitrogens with one attached hydrogen (secondary N) is 1. The van der Waals surface area contributed by atoms with Gasteiger partial charge in [-0.3, -0.25) is 4.79 Å². The molecule has 0 radical (unpaired) electrons. The molecule has 5 nitrogen and oxygen atoms in total. The number of nitrogens with two attached hydrogens (primary N) is 1. The number of ether oxygens (including phenoxy) is 1. The van der Waals surface area contributed by atoms with Gasteiger partial charge in [-0.05, 0) is 37.5 Å². The molecular weight excluding hydrogens is 292 g/mol. The largest absolute Gasteiger partial charge is 0.449 e. The molecule has 0 saturated heterocycles. The molecule has 1 unspecified atom stereocenters. The van der Waals surface area contributed by atoms with Crippen LogP contribution in [0.25, 0.3) is 0 Å². The minimum atomic E-state index is -0.877. The van der Waals surface area contributed by atoms with Gasteiger partial charge in [-0.2, -0.15) is 0 Å². The van der Waals surface area contributed by atoms with Crippen molar-refractivity contribution < 1.29 is 14.3 Å². The third-order valence-electron chi connectivity index (χ3n) is 2.89. The molecule has 3 N–H and O–H groups in total. The summed E-state index contributed by atoms with van der Waals surface area (Å²) in [6, 6.07) is 4.49. The van der Waals surface area contributed by atoms with E-state index in [0.29, 0.717) is 18.2 Å². The van der Waals surface area contributed by atoms with Crippen LogP contribution in [-0.4, -0.2) is 24.5 Å². The molecule has 1 amide bonds. The first-order valence-electron chi connectivity index (χ1n) is 6.85. The molecule has 0 fully saturated rings. The number of amides is 1. The van der Waals surface area contributed by atoms with Gasteiger partial charge in [0.25, 0.3) is 5.91 Å². The van der Waals surface area contributed by atoms with Gasteiger partial charge >= 0.3 is 5.97 Å². The first-order chi connectivity index (χ1) is 9.81. The maximum absolute atomic E-state index is 11.9. The Morgan fingerprint density at radius 1 is 1.33 bits per heavy atom. The Morgan fingerprint density at radius 3 is 2.57 bits per heavy atom. The highest BCUT2D eigenvalue weighted by molar-refractivity contribution is 6.33. The number of carbonyl (C=O) groups is 2. The van der Waals surface area contributed by atoms with Crippen LogP contribution >= 0.6 is 11.6 Å². The zero-order valence-corrected chi connectivity index (χ0v) is 13.2. The van der Waals surface area contributed by atoms with Crippen LogP contribution in [0.1, 0.15) is 37.6 Å². The molecule has 1 rings (SSSR count). The number of rotatable bonds is 6. The summed E-state index contributed by atoms with van der Waals surface area (Å²) in [5, 5.41) is 2.93. The highest BCUT2D eigenvalue weighted by Gasteiger charge is 2.20. The van der Waals surface area contributed by atoms with Crippen molar-refractivity contribution >= 4 is 29.2 Å². The average Bonchev–Trinajstić information content (AvgIpc) is 2.37. The SMILES string of the molecule is CC(C)CCNC(=O)C(C)OC(=O)c1ccc(N)cc1Cl. The normalized spacial score (nSPS) is 12.0. The molecule has 21 heavy (non-hydrogen) atoms. The summed E-state index contributed by atoms with van der Waals surface area (Å²) in [6.45, 7) is 6.21. The highest BCUT2D eigenvalue weighted by atomic mass is 35.5. The fraction of sp³-hybridized carbons (Fsp3) is 0.467. The van der Waals surface area contributed by atoms with Crippen LogP contribution in [-0.2, 0) is 9.53 Å². The summed E-state index contributed by atoms with van der Waals surface area (Å²) < 4.78 is 5.10. The van der Waals surface area contributed by atoms with Gasteiger partial charge in [0.15, 0.2) is 6.10 Å². The fourth-order valence-electron chi connectivity index (χ4n) is 1.60. The summed E-state index contributed by atoms with van der Waals surface area (Å²) in [6.07, 6.45) is -0.00536. The zero-order chi connectivity index (χ0) is 16.0. The molecule has 0 aliphatic heterocycles. The van der Waals surface area contributed by atoms with Crippen molar-refractivity contribution in [2.75, 3.05) is 12.3 Å². The predicted molar refractivity (Wildman–Crippen MR) is 83.2 cm³/mol. The maximum atomic E-state index is 11.9. The molecule has 0 spiro atoms. The Hall–Kier alpha value is -1.75. The van der Waals surface area contributed by atoms with Crippen LogP contribution < -0.4 is 11.1 Å². The van der Waals surface area contributed by atoms with Gasteiger partial charge in [0, 0.05) is 12.2 Å². The molecule has 0 heterocycles. The molecule has 0 bridgehead atoms. The van der Waals surface area contributed by atoms with Gasteiger partial charge < -0.3 is 15.8 Å². The minimum Gasteiger partial charge on any atom is -0.449 e. The van der Waals surface area contributed by atoms with E-state index in [0.717, 1.165) is 6.42 Å². The highest BCUT2D eigenvalue weighted by Crippen LogP contribution is 2.20. The Labute approximate surface area is 129 Å². The van der Waals surface area contributed by atoms with E-state index in [1.165, 1.54) is 19.1 Å². The van der Waals surface area contributed by atoms with Gasteiger partial charge in [-0.25, -0.2) is 4.79 Å². The number of esters is 1. The second-order valence-corrected chi connectivity index (χ2v) is 5.67. The van der Waals surface area contributed by atoms with Crippen LogP contribution in [0.2, 0.25) is 5.02 Å². The fourth-order valence-corrected chi connectivity index (χ4v) is 1.87. The summed E-state index contributed by atoms with van der Waals surface area (Å²) in [4.78, 5) is 23.7. The third-order valence-corrected chi connectivity index (χ3v) is 3.20. The summed E-state index contributed by atoms with van der Waals surface area (Å²) in [5.74, 6) is -0.473. The summed E-state index contributed by atoms with van der Waals surface area (Å²) >= 11 is 5.92. The summed E-state index contributed by atoms with van der Waals surface area (Å²) in [5.41, 5.74) is 6.20. The number of hydrogen-bond donors (Lipinski definition) is 2. The van der Waals surface area contributed by atoms with E-state index in [2.05, 4.69) is 19.2 Å². The smallest absolute Gasteiger partial charge is 0.340 e. The summed E-state index contributed by atoms with van der Waals surface area (Å²) in [7, 11) is 0. The van der Waals surface area contributed by atoms with E-state index in [4.69, 9.17) is 22.1 Å². The van der Waals surface area contributed by atoms with Crippen LogP contribution in [0, 0.1) is 5.92 Å². The van der Waals surface area contributed by atoms with Gasteiger partial charge in [0.05, 0.1) is 10.6 Å². The second kappa shape index (κ2) is 7.88. The lowest BCUT2D eigenvalue weighted by Crippen LogP contribution is -2.36.